The Morgan fingerprint density at radius 3 is 2.96 bits per heavy atom. The molecular formula is C17H14N4OS. The lowest BCUT2D eigenvalue weighted by atomic mass is 10.2. The van der Waals surface area contributed by atoms with Gasteiger partial charge in [-0.1, -0.05) is 30.0 Å². The van der Waals surface area contributed by atoms with Crippen LogP contribution in [0.1, 0.15) is 10.4 Å². The van der Waals surface area contributed by atoms with E-state index in [0.29, 0.717) is 11.2 Å². The van der Waals surface area contributed by atoms with E-state index in [4.69, 9.17) is 0 Å². The number of nitrogens with one attached hydrogen (secondary N) is 1. The smallest absolute Gasteiger partial charge is 0.280 e. The van der Waals surface area contributed by atoms with Crippen molar-refractivity contribution in [2.24, 2.45) is 4.99 Å². The first-order valence-electron chi connectivity index (χ1n) is 7.33. The molecule has 0 radical (unpaired) electrons. The maximum Gasteiger partial charge on any atom is 0.280 e. The normalized spacial score (nSPS) is 16.3. The first-order valence-corrected chi connectivity index (χ1v) is 8.32. The summed E-state index contributed by atoms with van der Waals surface area (Å²) in [4.78, 5) is 26.3. The fraction of sp³-hybridized carbons (Fsp3) is 0.118. The van der Waals surface area contributed by atoms with Crippen LogP contribution in [-0.2, 0) is 0 Å². The average Bonchev–Trinajstić information content (AvgIpc) is 3.24. The standard InChI is InChI=1S/C17H14N4OS/c22-16(14-7-9-19-15-13(14)6-8-18-15)20-17-21(10-11-23-17)12-4-2-1-3-5-12/h1-9H,10-11H2,(H,18,19). The minimum Gasteiger partial charge on any atom is -0.346 e. The number of amidine groups is 1. The van der Waals surface area contributed by atoms with E-state index < -0.39 is 0 Å². The summed E-state index contributed by atoms with van der Waals surface area (Å²) >= 11 is 1.61. The molecule has 0 bridgehead atoms. The summed E-state index contributed by atoms with van der Waals surface area (Å²) in [6.07, 6.45) is 3.41. The number of rotatable bonds is 2. The molecule has 1 saturated heterocycles. The number of aromatic amines is 1. The molecule has 23 heavy (non-hydrogen) atoms. The molecule has 1 aliphatic rings. The highest BCUT2D eigenvalue weighted by Crippen LogP contribution is 2.26. The van der Waals surface area contributed by atoms with Gasteiger partial charge in [0.1, 0.15) is 5.65 Å². The maximum absolute atomic E-state index is 12.6. The Kier molecular flexibility index (Phi) is 3.59. The monoisotopic (exact) mass is 322 g/mol. The number of pyridine rings is 1. The van der Waals surface area contributed by atoms with Crippen LogP contribution < -0.4 is 4.90 Å². The first kappa shape index (κ1) is 14.0. The minimum absolute atomic E-state index is 0.234. The summed E-state index contributed by atoms with van der Waals surface area (Å²) < 4.78 is 0. The zero-order valence-electron chi connectivity index (χ0n) is 12.3. The fourth-order valence-corrected chi connectivity index (χ4v) is 3.59. The largest absolute Gasteiger partial charge is 0.346 e. The van der Waals surface area contributed by atoms with E-state index in [0.717, 1.165) is 28.5 Å². The van der Waals surface area contributed by atoms with E-state index in [1.807, 2.05) is 36.4 Å². The Bertz CT molecular complexity index is 888. The third kappa shape index (κ3) is 2.61. The van der Waals surface area contributed by atoms with Gasteiger partial charge in [-0.3, -0.25) is 4.79 Å². The fourth-order valence-electron chi connectivity index (χ4n) is 2.64. The molecule has 6 heteroatoms. The number of aliphatic imine (C=N–C) groups is 1. The molecular weight excluding hydrogens is 308 g/mol. The number of carbonyl (C=O) groups excluding carboxylic acids is 1. The Labute approximate surface area is 137 Å². The van der Waals surface area contributed by atoms with Crippen molar-refractivity contribution >= 4 is 39.6 Å². The van der Waals surface area contributed by atoms with Crippen LogP contribution in [0, 0.1) is 0 Å². The zero-order chi connectivity index (χ0) is 15.6. The molecule has 1 fully saturated rings. The molecule has 2 aromatic heterocycles. The van der Waals surface area contributed by atoms with Crippen molar-refractivity contribution < 1.29 is 4.79 Å². The molecule has 0 aliphatic carbocycles. The van der Waals surface area contributed by atoms with Gasteiger partial charge in [-0.05, 0) is 24.3 Å². The molecule has 1 N–H and O–H groups in total. The van der Waals surface area contributed by atoms with Gasteiger partial charge in [-0.25, -0.2) is 4.98 Å². The third-order valence-corrected chi connectivity index (χ3v) is 4.69. The van der Waals surface area contributed by atoms with Crippen LogP contribution in [0.15, 0.2) is 59.9 Å². The number of fused-ring (bicyclic) bond motifs is 1. The molecule has 3 aromatic rings. The van der Waals surface area contributed by atoms with Crippen LogP contribution in [0.4, 0.5) is 5.69 Å². The van der Waals surface area contributed by atoms with Gasteiger partial charge in [0.15, 0.2) is 5.17 Å². The quantitative estimate of drug-likeness (QED) is 0.786. The summed E-state index contributed by atoms with van der Waals surface area (Å²) in [6.45, 7) is 0.858. The molecule has 5 nitrogen and oxygen atoms in total. The van der Waals surface area contributed by atoms with Gasteiger partial charge in [0.25, 0.3) is 5.91 Å². The van der Waals surface area contributed by atoms with Crippen molar-refractivity contribution in [2.75, 3.05) is 17.2 Å². The van der Waals surface area contributed by atoms with Gasteiger partial charge in [0.2, 0.25) is 0 Å². The van der Waals surface area contributed by atoms with Gasteiger partial charge in [0, 0.05) is 35.8 Å². The second-order valence-corrected chi connectivity index (χ2v) is 6.20. The first-order chi connectivity index (χ1) is 11.3. The Morgan fingerprint density at radius 2 is 2.09 bits per heavy atom. The number of aromatic nitrogens is 2. The Morgan fingerprint density at radius 1 is 1.22 bits per heavy atom. The summed E-state index contributed by atoms with van der Waals surface area (Å²) in [5.74, 6) is 0.694. The number of nitrogens with zero attached hydrogens (tertiary/aromatic N) is 3. The van der Waals surface area contributed by atoms with Crippen molar-refractivity contribution in [3.63, 3.8) is 0 Å². The lowest BCUT2D eigenvalue weighted by Gasteiger charge is -2.17. The van der Waals surface area contributed by atoms with Gasteiger partial charge >= 0.3 is 0 Å². The highest BCUT2D eigenvalue weighted by atomic mass is 32.2. The molecule has 0 saturated carbocycles. The number of hydrogen-bond acceptors (Lipinski definition) is 3. The summed E-state index contributed by atoms with van der Waals surface area (Å²) in [6, 6.07) is 13.6. The number of amides is 1. The molecule has 0 unspecified atom stereocenters. The average molecular weight is 322 g/mol. The summed E-state index contributed by atoms with van der Waals surface area (Å²) in [7, 11) is 0. The number of benzene rings is 1. The summed E-state index contributed by atoms with van der Waals surface area (Å²) in [5, 5.41) is 1.55. The Hall–Kier alpha value is -2.60. The number of H-pyrrole nitrogens is 1. The third-order valence-electron chi connectivity index (χ3n) is 3.73. The molecule has 0 spiro atoms. The number of carbonyl (C=O) groups is 1. The van der Waals surface area contributed by atoms with E-state index in [1.54, 1.807) is 30.2 Å². The maximum atomic E-state index is 12.6. The van der Waals surface area contributed by atoms with E-state index >= 15 is 0 Å². The second kappa shape index (κ2) is 5.89. The highest BCUT2D eigenvalue weighted by Gasteiger charge is 2.22. The Balaban J connectivity index is 1.69. The van der Waals surface area contributed by atoms with Crippen LogP contribution in [0.25, 0.3) is 11.0 Å². The molecule has 1 aromatic carbocycles. The predicted octanol–water partition coefficient (Wildman–Crippen LogP) is 3.31. The topological polar surface area (TPSA) is 61.4 Å². The molecule has 1 aliphatic heterocycles. The number of hydrogen-bond donors (Lipinski definition) is 1. The molecule has 3 heterocycles. The SMILES string of the molecule is O=C(N=C1SCCN1c1ccccc1)c1ccnc2[nH]ccc12. The number of anilines is 1. The van der Waals surface area contributed by atoms with Gasteiger partial charge < -0.3 is 9.88 Å². The van der Waals surface area contributed by atoms with Crippen molar-refractivity contribution in [1.82, 2.24) is 9.97 Å². The second-order valence-electron chi connectivity index (χ2n) is 5.13. The van der Waals surface area contributed by atoms with Gasteiger partial charge in [-0.15, -0.1) is 0 Å². The number of thioether (sulfide) groups is 1. The van der Waals surface area contributed by atoms with Crippen LogP contribution in [0.3, 0.4) is 0 Å². The van der Waals surface area contributed by atoms with E-state index in [1.165, 1.54) is 0 Å². The molecule has 0 atom stereocenters. The van der Waals surface area contributed by atoms with Crippen LogP contribution >= 0.6 is 11.8 Å². The van der Waals surface area contributed by atoms with Crippen LogP contribution in [-0.4, -0.2) is 33.3 Å². The van der Waals surface area contributed by atoms with Crippen molar-refractivity contribution in [2.45, 2.75) is 0 Å². The van der Waals surface area contributed by atoms with Crippen LogP contribution in [0.5, 0.6) is 0 Å². The summed E-state index contributed by atoms with van der Waals surface area (Å²) in [5.41, 5.74) is 2.34. The van der Waals surface area contributed by atoms with Crippen LogP contribution in [0.2, 0.25) is 0 Å². The minimum atomic E-state index is -0.234. The highest BCUT2D eigenvalue weighted by molar-refractivity contribution is 8.14. The van der Waals surface area contributed by atoms with Gasteiger partial charge in [0.05, 0.1) is 5.56 Å². The predicted molar refractivity (Wildman–Crippen MR) is 94.1 cm³/mol. The van der Waals surface area contributed by atoms with Crippen molar-refractivity contribution in [1.29, 1.82) is 0 Å². The molecule has 114 valence electrons. The van der Waals surface area contributed by atoms with E-state index in [2.05, 4.69) is 19.9 Å². The van der Waals surface area contributed by atoms with Crippen molar-refractivity contribution in [3.05, 3.63) is 60.4 Å². The van der Waals surface area contributed by atoms with E-state index in [9.17, 15) is 4.79 Å². The van der Waals surface area contributed by atoms with Gasteiger partial charge in [-0.2, -0.15) is 4.99 Å². The zero-order valence-corrected chi connectivity index (χ0v) is 13.1. The molecule has 4 rings (SSSR count). The van der Waals surface area contributed by atoms with E-state index in [-0.39, 0.29) is 5.91 Å². The number of para-hydroxylation sites is 1. The lowest BCUT2D eigenvalue weighted by molar-refractivity contribution is 0.100. The molecule has 1 amide bonds. The van der Waals surface area contributed by atoms with Crippen molar-refractivity contribution in [3.8, 4) is 0 Å². The lowest BCUT2D eigenvalue weighted by Crippen LogP contribution is -2.24.